The molecular weight excluding hydrogens is 198 g/mol. The Hall–Kier alpha value is -2.03. The van der Waals surface area contributed by atoms with E-state index < -0.39 is 0 Å². The number of rotatable bonds is 2. The maximum Gasteiger partial charge on any atom is 0.155 e. The smallest absolute Gasteiger partial charge is 0.155 e. The van der Waals surface area contributed by atoms with Gasteiger partial charge in [-0.25, -0.2) is 4.98 Å². The van der Waals surface area contributed by atoms with Crippen molar-refractivity contribution in [1.82, 2.24) is 4.98 Å². The summed E-state index contributed by atoms with van der Waals surface area (Å²) < 4.78 is 0. The molecule has 0 spiro atoms. The summed E-state index contributed by atoms with van der Waals surface area (Å²) in [6.07, 6.45) is 1.82. The molecule has 1 heterocycles. The van der Waals surface area contributed by atoms with Gasteiger partial charge in [0.2, 0.25) is 0 Å². The first-order chi connectivity index (χ1) is 7.68. The molecule has 0 aliphatic rings. The molecule has 0 bridgehead atoms. The van der Waals surface area contributed by atoms with Crippen molar-refractivity contribution in [3.8, 4) is 0 Å². The lowest BCUT2D eigenvalue weighted by molar-refractivity contribution is 1.12. The number of pyridine rings is 1. The van der Waals surface area contributed by atoms with Gasteiger partial charge in [0.1, 0.15) is 0 Å². The van der Waals surface area contributed by atoms with Crippen molar-refractivity contribution >= 4 is 17.2 Å². The molecule has 0 fully saturated rings. The van der Waals surface area contributed by atoms with Crippen LogP contribution in [-0.2, 0) is 0 Å². The van der Waals surface area contributed by atoms with E-state index in [9.17, 15) is 0 Å². The van der Waals surface area contributed by atoms with E-state index >= 15 is 0 Å². The van der Waals surface area contributed by atoms with Crippen LogP contribution < -0.4 is 10.6 Å². The normalized spacial score (nSPS) is 10.1. The van der Waals surface area contributed by atoms with Crippen molar-refractivity contribution in [3.05, 3.63) is 48.2 Å². The highest BCUT2D eigenvalue weighted by Gasteiger charge is 2.08. The number of nitrogens with two attached hydrogens (primary N) is 1. The Bertz CT molecular complexity index is 480. The van der Waals surface area contributed by atoms with Crippen molar-refractivity contribution in [2.24, 2.45) is 0 Å². The van der Waals surface area contributed by atoms with Crippen LogP contribution in [0.5, 0.6) is 0 Å². The number of nitrogens with zero attached hydrogens (tertiary/aromatic N) is 2. The van der Waals surface area contributed by atoms with E-state index in [2.05, 4.69) is 4.98 Å². The predicted molar refractivity (Wildman–Crippen MR) is 67.9 cm³/mol. The molecule has 2 rings (SSSR count). The van der Waals surface area contributed by atoms with Gasteiger partial charge >= 0.3 is 0 Å². The predicted octanol–water partition coefficient (Wildman–Crippen LogP) is 2.74. The van der Waals surface area contributed by atoms with Crippen molar-refractivity contribution in [3.63, 3.8) is 0 Å². The lowest BCUT2D eigenvalue weighted by Gasteiger charge is -2.19. The topological polar surface area (TPSA) is 42.2 Å². The van der Waals surface area contributed by atoms with Gasteiger partial charge in [-0.15, -0.1) is 0 Å². The fourth-order valence-corrected chi connectivity index (χ4v) is 1.64. The molecule has 0 amide bonds. The molecule has 0 unspecified atom stereocenters. The minimum absolute atomic E-state index is 0.700. The minimum atomic E-state index is 0.700. The molecule has 2 aromatic rings. The molecule has 3 nitrogen and oxygen atoms in total. The average Bonchev–Trinajstić information content (AvgIpc) is 2.29. The summed E-state index contributed by atoms with van der Waals surface area (Å²) in [5.74, 6) is 0.789. The summed E-state index contributed by atoms with van der Waals surface area (Å²) in [7, 11) is 1.96. The highest BCUT2D eigenvalue weighted by Crippen LogP contribution is 2.26. The Morgan fingerprint density at radius 2 is 1.88 bits per heavy atom. The van der Waals surface area contributed by atoms with Gasteiger partial charge < -0.3 is 10.6 Å². The van der Waals surface area contributed by atoms with Gasteiger partial charge in [-0.1, -0.05) is 18.2 Å². The lowest BCUT2D eigenvalue weighted by atomic mass is 10.2. The molecule has 82 valence electrons. The zero-order valence-electron chi connectivity index (χ0n) is 9.51. The number of hydrogen-bond acceptors (Lipinski definition) is 3. The molecular formula is C13H15N3. The molecule has 3 heteroatoms. The molecule has 0 aliphatic carbocycles. The number of benzene rings is 1. The van der Waals surface area contributed by atoms with Crippen LogP contribution in [-0.4, -0.2) is 12.0 Å². The van der Waals surface area contributed by atoms with Crippen LogP contribution in [0.2, 0.25) is 0 Å². The van der Waals surface area contributed by atoms with Crippen molar-refractivity contribution < 1.29 is 0 Å². The molecule has 0 saturated heterocycles. The fourth-order valence-electron chi connectivity index (χ4n) is 1.64. The maximum absolute atomic E-state index is 5.96. The SMILES string of the molecule is Cc1cnc(N(C)c2ccccc2)c(N)c1. The van der Waals surface area contributed by atoms with Gasteiger partial charge in [0.25, 0.3) is 0 Å². The summed E-state index contributed by atoms with van der Waals surface area (Å²) in [6.45, 7) is 1.98. The van der Waals surface area contributed by atoms with E-state index in [1.807, 2.05) is 61.5 Å². The molecule has 1 aromatic heterocycles. The quantitative estimate of drug-likeness (QED) is 0.834. The monoisotopic (exact) mass is 213 g/mol. The Morgan fingerprint density at radius 1 is 1.19 bits per heavy atom. The standard InChI is InChI=1S/C13H15N3/c1-10-8-12(14)13(15-9-10)16(2)11-6-4-3-5-7-11/h3-9H,14H2,1-2H3. The van der Waals surface area contributed by atoms with Gasteiger partial charge in [0, 0.05) is 18.9 Å². The van der Waals surface area contributed by atoms with Crippen molar-refractivity contribution in [1.29, 1.82) is 0 Å². The van der Waals surface area contributed by atoms with Crippen LogP contribution in [0.15, 0.2) is 42.6 Å². The second-order valence-corrected chi connectivity index (χ2v) is 3.82. The van der Waals surface area contributed by atoms with E-state index in [-0.39, 0.29) is 0 Å². The zero-order valence-corrected chi connectivity index (χ0v) is 9.51. The van der Waals surface area contributed by atoms with Crippen LogP contribution in [0.1, 0.15) is 5.56 Å². The number of anilines is 3. The molecule has 16 heavy (non-hydrogen) atoms. The minimum Gasteiger partial charge on any atom is -0.396 e. The Kier molecular flexibility index (Phi) is 2.77. The highest BCUT2D eigenvalue weighted by molar-refractivity contribution is 5.70. The van der Waals surface area contributed by atoms with Crippen LogP contribution in [0, 0.1) is 6.92 Å². The van der Waals surface area contributed by atoms with Gasteiger partial charge in [0.15, 0.2) is 5.82 Å². The number of para-hydroxylation sites is 1. The van der Waals surface area contributed by atoms with Gasteiger partial charge in [-0.05, 0) is 30.7 Å². The highest BCUT2D eigenvalue weighted by atomic mass is 15.2. The third-order valence-electron chi connectivity index (χ3n) is 2.49. The maximum atomic E-state index is 5.96. The number of aryl methyl sites for hydroxylation is 1. The average molecular weight is 213 g/mol. The third-order valence-corrected chi connectivity index (χ3v) is 2.49. The summed E-state index contributed by atoms with van der Waals surface area (Å²) in [5, 5.41) is 0. The van der Waals surface area contributed by atoms with Gasteiger partial charge in [-0.3, -0.25) is 0 Å². The molecule has 0 atom stereocenters. The van der Waals surface area contributed by atoms with Gasteiger partial charge in [0.05, 0.1) is 5.69 Å². The first kappa shape index (κ1) is 10.5. The first-order valence-corrected chi connectivity index (χ1v) is 5.19. The van der Waals surface area contributed by atoms with Crippen molar-refractivity contribution in [2.75, 3.05) is 17.7 Å². The molecule has 0 radical (unpaired) electrons. The van der Waals surface area contributed by atoms with E-state index in [0.717, 1.165) is 17.1 Å². The number of nitrogen functional groups attached to an aromatic ring is 1. The van der Waals surface area contributed by atoms with Crippen LogP contribution >= 0.6 is 0 Å². The summed E-state index contributed by atoms with van der Waals surface area (Å²) in [4.78, 5) is 6.34. The van der Waals surface area contributed by atoms with E-state index in [4.69, 9.17) is 5.73 Å². The molecule has 0 saturated carbocycles. The third kappa shape index (κ3) is 1.98. The largest absolute Gasteiger partial charge is 0.396 e. The van der Waals surface area contributed by atoms with E-state index in [1.165, 1.54) is 0 Å². The molecule has 0 aliphatic heterocycles. The lowest BCUT2D eigenvalue weighted by Crippen LogP contribution is -2.13. The van der Waals surface area contributed by atoms with Crippen LogP contribution in [0.4, 0.5) is 17.2 Å². The summed E-state index contributed by atoms with van der Waals surface area (Å²) >= 11 is 0. The first-order valence-electron chi connectivity index (χ1n) is 5.19. The van der Waals surface area contributed by atoms with Gasteiger partial charge in [-0.2, -0.15) is 0 Å². The van der Waals surface area contributed by atoms with E-state index in [1.54, 1.807) is 0 Å². The second-order valence-electron chi connectivity index (χ2n) is 3.82. The fraction of sp³-hybridized carbons (Fsp3) is 0.154. The van der Waals surface area contributed by atoms with Crippen molar-refractivity contribution in [2.45, 2.75) is 6.92 Å². The molecule has 1 aromatic carbocycles. The Labute approximate surface area is 95.5 Å². The summed E-state index contributed by atoms with van der Waals surface area (Å²) in [6, 6.07) is 12.0. The van der Waals surface area contributed by atoms with E-state index in [0.29, 0.717) is 5.69 Å². The Balaban J connectivity index is 2.38. The number of aromatic nitrogens is 1. The second kappa shape index (κ2) is 4.23. The molecule has 2 N–H and O–H groups in total. The number of hydrogen-bond donors (Lipinski definition) is 1. The summed E-state index contributed by atoms with van der Waals surface area (Å²) in [5.41, 5.74) is 8.80. The Morgan fingerprint density at radius 3 is 2.50 bits per heavy atom. The van der Waals surface area contributed by atoms with Crippen LogP contribution in [0.25, 0.3) is 0 Å². The zero-order chi connectivity index (χ0) is 11.5. The van der Waals surface area contributed by atoms with Crippen LogP contribution in [0.3, 0.4) is 0 Å².